The fourth-order valence-corrected chi connectivity index (χ4v) is 2.61. The van der Waals surface area contributed by atoms with Crippen molar-refractivity contribution in [2.75, 3.05) is 7.11 Å². The first-order chi connectivity index (χ1) is 11.8. The summed E-state index contributed by atoms with van der Waals surface area (Å²) >= 11 is 0. The molecule has 0 saturated heterocycles. The molecule has 1 N–H and O–H groups in total. The second-order valence-electron chi connectivity index (χ2n) is 7.01. The number of nitrogens with zero attached hydrogens (tertiary/aromatic N) is 3. The maximum atomic E-state index is 12.5. The first-order valence-electron chi connectivity index (χ1n) is 8.10. The molecule has 2 heterocycles. The molecule has 0 aliphatic carbocycles. The first kappa shape index (κ1) is 17.0. The number of carbonyl (C=O) groups excluding carboxylic acids is 1. The van der Waals surface area contributed by atoms with E-state index in [1.54, 1.807) is 13.4 Å². The highest BCUT2D eigenvalue weighted by Crippen LogP contribution is 2.24. The molecular weight excluding hydrogens is 316 g/mol. The third-order valence-corrected chi connectivity index (χ3v) is 3.76. The zero-order chi connectivity index (χ0) is 18.2. The Morgan fingerprint density at radius 3 is 2.68 bits per heavy atom. The number of methoxy groups -OCH3 is 1. The van der Waals surface area contributed by atoms with E-state index in [0.29, 0.717) is 11.3 Å². The number of amides is 1. The minimum atomic E-state index is -0.341. The van der Waals surface area contributed by atoms with Crippen LogP contribution in [0.25, 0.3) is 16.9 Å². The molecule has 1 aromatic carbocycles. The maximum absolute atomic E-state index is 12.5. The average molecular weight is 338 g/mol. The van der Waals surface area contributed by atoms with Gasteiger partial charge in [-0.1, -0.05) is 12.1 Å². The van der Waals surface area contributed by atoms with Crippen molar-refractivity contribution in [3.05, 3.63) is 48.0 Å². The number of fused-ring (bicyclic) bond motifs is 1. The first-order valence-corrected chi connectivity index (χ1v) is 8.10. The van der Waals surface area contributed by atoms with Crippen molar-refractivity contribution in [1.82, 2.24) is 19.7 Å². The molecule has 1 amide bonds. The lowest BCUT2D eigenvalue weighted by Crippen LogP contribution is -2.40. The van der Waals surface area contributed by atoms with Gasteiger partial charge in [0.25, 0.3) is 5.91 Å². The molecule has 25 heavy (non-hydrogen) atoms. The summed E-state index contributed by atoms with van der Waals surface area (Å²) in [6, 6.07) is 9.65. The van der Waals surface area contributed by atoms with Gasteiger partial charge in [-0.3, -0.25) is 9.20 Å². The van der Waals surface area contributed by atoms with Gasteiger partial charge < -0.3 is 10.1 Å². The van der Waals surface area contributed by atoms with Gasteiger partial charge in [0.15, 0.2) is 11.3 Å². The lowest BCUT2D eigenvalue weighted by Gasteiger charge is -2.19. The number of hydrogen-bond acceptors (Lipinski definition) is 4. The second-order valence-corrected chi connectivity index (χ2v) is 7.01. The smallest absolute Gasteiger partial charge is 0.274 e. The van der Waals surface area contributed by atoms with E-state index in [1.165, 1.54) is 0 Å². The summed E-state index contributed by atoms with van der Waals surface area (Å²) in [5.74, 6) is 0.528. The maximum Gasteiger partial charge on any atom is 0.274 e. The van der Waals surface area contributed by atoms with Gasteiger partial charge in [0.2, 0.25) is 0 Å². The van der Waals surface area contributed by atoms with Crippen LogP contribution in [-0.2, 0) is 0 Å². The van der Waals surface area contributed by atoms with Crippen LogP contribution in [0.3, 0.4) is 0 Å². The van der Waals surface area contributed by atoms with Crippen LogP contribution in [-0.4, -0.2) is 32.9 Å². The molecular formula is C19H22N4O2. The minimum Gasteiger partial charge on any atom is -0.497 e. The van der Waals surface area contributed by atoms with Crippen LogP contribution in [0.4, 0.5) is 0 Å². The fraction of sp³-hybridized carbons (Fsp3) is 0.316. The zero-order valence-corrected chi connectivity index (χ0v) is 15.1. The summed E-state index contributed by atoms with van der Waals surface area (Å²) in [5.41, 5.74) is 3.17. The summed E-state index contributed by atoms with van der Waals surface area (Å²) < 4.78 is 7.11. The Bertz CT molecular complexity index is 938. The van der Waals surface area contributed by atoms with E-state index in [0.717, 1.165) is 22.7 Å². The van der Waals surface area contributed by atoms with Crippen LogP contribution in [0.2, 0.25) is 0 Å². The van der Waals surface area contributed by atoms with Gasteiger partial charge in [0.1, 0.15) is 12.1 Å². The topological polar surface area (TPSA) is 68.5 Å². The fourth-order valence-electron chi connectivity index (χ4n) is 2.61. The molecule has 0 saturated carbocycles. The van der Waals surface area contributed by atoms with Crippen molar-refractivity contribution in [2.45, 2.75) is 33.2 Å². The van der Waals surface area contributed by atoms with E-state index in [1.807, 2.05) is 62.4 Å². The Kier molecular flexibility index (Phi) is 4.20. The van der Waals surface area contributed by atoms with Crippen LogP contribution < -0.4 is 10.1 Å². The summed E-state index contributed by atoms with van der Waals surface area (Å²) in [4.78, 5) is 21.5. The number of ether oxygens (including phenoxy) is 1. The molecule has 2 aromatic heterocycles. The van der Waals surface area contributed by atoms with Crippen LogP contribution in [0.1, 0.15) is 37.0 Å². The summed E-state index contributed by atoms with van der Waals surface area (Å²) in [5, 5.41) is 2.94. The number of benzene rings is 1. The van der Waals surface area contributed by atoms with E-state index >= 15 is 0 Å². The standard InChI is InChI=1S/C19H22N4O2/c1-12-9-15(13-7-6-8-14(10-13)25-5)21-17-16(20-11-23(12)17)18(24)22-19(2,3)4/h6-11H,1-5H3,(H,22,24). The quantitative estimate of drug-likeness (QED) is 0.796. The lowest BCUT2D eigenvalue weighted by molar-refractivity contribution is 0.0916. The van der Waals surface area contributed by atoms with Crippen LogP contribution in [0, 0.1) is 6.92 Å². The third-order valence-electron chi connectivity index (χ3n) is 3.76. The van der Waals surface area contributed by atoms with Gasteiger partial charge in [-0.25, -0.2) is 9.97 Å². The van der Waals surface area contributed by atoms with Crippen LogP contribution in [0.5, 0.6) is 5.75 Å². The SMILES string of the molecule is COc1cccc(-c2cc(C)n3cnc(C(=O)NC(C)(C)C)c3n2)c1. The Balaban J connectivity index is 2.11. The average Bonchev–Trinajstić information content (AvgIpc) is 2.98. The number of rotatable bonds is 3. The molecule has 3 aromatic rings. The molecule has 0 radical (unpaired) electrons. The molecule has 0 aliphatic rings. The third kappa shape index (κ3) is 3.47. The lowest BCUT2D eigenvalue weighted by atomic mass is 10.1. The van der Waals surface area contributed by atoms with Crippen molar-refractivity contribution in [3.63, 3.8) is 0 Å². The van der Waals surface area contributed by atoms with Crippen LogP contribution in [0.15, 0.2) is 36.7 Å². The zero-order valence-electron chi connectivity index (χ0n) is 15.1. The van der Waals surface area contributed by atoms with Gasteiger partial charge in [-0.05, 0) is 45.9 Å². The summed E-state index contributed by atoms with van der Waals surface area (Å²) in [6.45, 7) is 7.77. The second kappa shape index (κ2) is 6.20. The molecule has 0 fully saturated rings. The molecule has 6 nitrogen and oxygen atoms in total. The normalized spacial score (nSPS) is 11.6. The highest BCUT2D eigenvalue weighted by molar-refractivity contribution is 5.98. The van der Waals surface area contributed by atoms with Gasteiger partial charge in [-0.15, -0.1) is 0 Å². The monoisotopic (exact) mass is 338 g/mol. The predicted octanol–water partition coefficient (Wildman–Crippen LogP) is 3.24. The number of carbonyl (C=O) groups is 1. The molecule has 6 heteroatoms. The van der Waals surface area contributed by atoms with Gasteiger partial charge in [0.05, 0.1) is 12.8 Å². The molecule has 0 atom stereocenters. The van der Waals surface area contributed by atoms with Crippen molar-refractivity contribution in [3.8, 4) is 17.0 Å². The van der Waals surface area contributed by atoms with E-state index < -0.39 is 0 Å². The van der Waals surface area contributed by atoms with Crippen molar-refractivity contribution >= 4 is 11.6 Å². The number of aryl methyl sites for hydroxylation is 1. The van der Waals surface area contributed by atoms with E-state index in [-0.39, 0.29) is 11.4 Å². The summed E-state index contributed by atoms with van der Waals surface area (Å²) in [6.07, 6.45) is 1.63. The summed E-state index contributed by atoms with van der Waals surface area (Å²) in [7, 11) is 1.63. The van der Waals surface area contributed by atoms with Crippen molar-refractivity contribution in [1.29, 1.82) is 0 Å². The Morgan fingerprint density at radius 1 is 1.24 bits per heavy atom. The molecule has 0 unspecified atom stereocenters. The van der Waals surface area contributed by atoms with E-state index in [9.17, 15) is 4.79 Å². The highest BCUT2D eigenvalue weighted by Gasteiger charge is 2.21. The Hall–Kier alpha value is -2.89. The van der Waals surface area contributed by atoms with Gasteiger partial charge in [-0.2, -0.15) is 0 Å². The van der Waals surface area contributed by atoms with Gasteiger partial charge in [0, 0.05) is 16.8 Å². The Morgan fingerprint density at radius 2 is 2.00 bits per heavy atom. The van der Waals surface area contributed by atoms with Crippen molar-refractivity contribution < 1.29 is 9.53 Å². The predicted molar refractivity (Wildman–Crippen MR) is 96.9 cm³/mol. The molecule has 0 aliphatic heterocycles. The van der Waals surface area contributed by atoms with E-state index in [2.05, 4.69) is 15.3 Å². The molecule has 0 spiro atoms. The number of imidazole rings is 1. The van der Waals surface area contributed by atoms with Gasteiger partial charge >= 0.3 is 0 Å². The highest BCUT2D eigenvalue weighted by atomic mass is 16.5. The molecule has 0 bridgehead atoms. The van der Waals surface area contributed by atoms with E-state index in [4.69, 9.17) is 4.74 Å². The van der Waals surface area contributed by atoms with Crippen molar-refractivity contribution in [2.24, 2.45) is 0 Å². The number of aromatic nitrogens is 3. The number of nitrogens with one attached hydrogen (secondary N) is 1. The molecule has 3 rings (SSSR count). The minimum absolute atomic E-state index is 0.232. The Labute approximate surface area is 146 Å². The number of hydrogen-bond donors (Lipinski definition) is 1. The largest absolute Gasteiger partial charge is 0.497 e. The molecule has 130 valence electrons. The van der Waals surface area contributed by atoms with Crippen LogP contribution >= 0.6 is 0 Å².